The Kier molecular flexibility index (Phi) is 4.14. The molecule has 2 atom stereocenters. The molecule has 0 aliphatic carbocycles. The van der Waals surface area contributed by atoms with Crippen LogP contribution in [0.4, 0.5) is 0 Å². The van der Waals surface area contributed by atoms with E-state index < -0.39 is 6.10 Å². The molecule has 1 heterocycles. The van der Waals surface area contributed by atoms with E-state index >= 15 is 0 Å². The summed E-state index contributed by atoms with van der Waals surface area (Å²) < 4.78 is 0. The summed E-state index contributed by atoms with van der Waals surface area (Å²) in [5.41, 5.74) is -0.254. The zero-order valence-corrected chi connectivity index (χ0v) is 11.0. The molecule has 17 heavy (non-hydrogen) atoms. The van der Waals surface area contributed by atoms with Crippen LogP contribution in [0.25, 0.3) is 0 Å². The minimum absolute atomic E-state index is 0.00141. The van der Waals surface area contributed by atoms with E-state index in [1.807, 2.05) is 20.8 Å². The number of aliphatic hydroxyl groups is 1. The van der Waals surface area contributed by atoms with Crippen molar-refractivity contribution in [3.05, 3.63) is 0 Å². The van der Waals surface area contributed by atoms with Gasteiger partial charge in [-0.1, -0.05) is 20.8 Å². The standard InChI is InChI=1S/C12H22N2O3/c1-12(2,3)9(15)6-13-11(17)8-5-10(16)14(4)7-8/h8-9,15H,5-7H2,1-4H3,(H,13,17). The number of hydrogen-bond acceptors (Lipinski definition) is 3. The van der Waals surface area contributed by atoms with E-state index in [2.05, 4.69) is 5.32 Å². The Morgan fingerprint density at radius 2 is 2.18 bits per heavy atom. The van der Waals surface area contributed by atoms with E-state index in [1.54, 1.807) is 11.9 Å². The summed E-state index contributed by atoms with van der Waals surface area (Å²) >= 11 is 0. The molecule has 2 unspecified atom stereocenters. The van der Waals surface area contributed by atoms with Crippen LogP contribution >= 0.6 is 0 Å². The smallest absolute Gasteiger partial charge is 0.225 e. The van der Waals surface area contributed by atoms with E-state index in [1.165, 1.54) is 0 Å². The molecule has 5 nitrogen and oxygen atoms in total. The van der Waals surface area contributed by atoms with Crippen LogP contribution in [0.2, 0.25) is 0 Å². The number of nitrogens with zero attached hydrogens (tertiary/aromatic N) is 1. The summed E-state index contributed by atoms with van der Waals surface area (Å²) in [4.78, 5) is 24.6. The highest BCUT2D eigenvalue weighted by molar-refractivity contribution is 5.89. The molecule has 0 aromatic rings. The fraction of sp³-hybridized carbons (Fsp3) is 0.833. The van der Waals surface area contributed by atoms with Crippen molar-refractivity contribution in [2.45, 2.75) is 33.3 Å². The van der Waals surface area contributed by atoms with Gasteiger partial charge in [0.15, 0.2) is 0 Å². The Balaban J connectivity index is 2.39. The summed E-state index contributed by atoms with van der Waals surface area (Å²) in [6.45, 7) is 6.44. The van der Waals surface area contributed by atoms with E-state index in [-0.39, 0.29) is 36.1 Å². The van der Waals surface area contributed by atoms with Crippen LogP contribution in [-0.2, 0) is 9.59 Å². The van der Waals surface area contributed by atoms with Gasteiger partial charge < -0.3 is 15.3 Å². The zero-order valence-electron chi connectivity index (χ0n) is 11.0. The maximum absolute atomic E-state index is 11.8. The van der Waals surface area contributed by atoms with Gasteiger partial charge in [0.05, 0.1) is 12.0 Å². The first-order valence-corrected chi connectivity index (χ1v) is 5.91. The van der Waals surface area contributed by atoms with Gasteiger partial charge in [-0.05, 0) is 5.41 Å². The lowest BCUT2D eigenvalue weighted by atomic mass is 9.89. The number of nitrogens with one attached hydrogen (secondary N) is 1. The topological polar surface area (TPSA) is 69.6 Å². The number of hydrogen-bond donors (Lipinski definition) is 2. The van der Waals surface area contributed by atoms with E-state index in [0.29, 0.717) is 6.54 Å². The fourth-order valence-corrected chi connectivity index (χ4v) is 1.69. The third-order valence-corrected chi connectivity index (χ3v) is 3.18. The number of amides is 2. The van der Waals surface area contributed by atoms with Crippen molar-refractivity contribution in [2.75, 3.05) is 20.1 Å². The number of carbonyl (C=O) groups is 2. The van der Waals surface area contributed by atoms with Crippen LogP contribution in [0.1, 0.15) is 27.2 Å². The quantitative estimate of drug-likeness (QED) is 0.731. The Bertz CT molecular complexity index is 309. The third kappa shape index (κ3) is 3.70. The highest BCUT2D eigenvalue weighted by Gasteiger charge is 2.32. The van der Waals surface area contributed by atoms with Gasteiger partial charge in [0.25, 0.3) is 0 Å². The van der Waals surface area contributed by atoms with Gasteiger partial charge in [0.1, 0.15) is 0 Å². The van der Waals surface area contributed by atoms with Crippen molar-refractivity contribution in [3.8, 4) is 0 Å². The SMILES string of the molecule is CN1CC(C(=O)NCC(O)C(C)(C)C)CC1=O. The van der Waals surface area contributed by atoms with E-state index in [9.17, 15) is 14.7 Å². The van der Waals surface area contributed by atoms with Gasteiger partial charge in [0, 0.05) is 26.6 Å². The molecule has 1 rings (SSSR count). The van der Waals surface area contributed by atoms with Crippen LogP contribution < -0.4 is 5.32 Å². The maximum atomic E-state index is 11.8. The summed E-state index contributed by atoms with van der Waals surface area (Å²) in [5, 5.41) is 12.5. The molecule has 5 heteroatoms. The Hall–Kier alpha value is -1.10. The highest BCUT2D eigenvalue weighted by atomic mass is 16.3. The Morgan fingerprint density at radius 3 is 2.59 bits per heavy atom. The van der Waals surface area contributed by atoms with Crippen LogP contribution in [0, 0.1) is 11.3 Å². The fourth-order valence-electron chi connectivity index (χ4n) is 1.69. The van der Waals surface area contributed by atoms with Gasteiger partial charge in [-0.2, -0.15) is 0 Å². The highest BCUT2D eigenvalue weighted by Crippen LogP contribution is 2.19. The summed E-state index contributed by atoms with van der Waals surface area (Å²) in [7, 11) is 1.69. The van der Waals surface area contributed by atoms with Crippen molar-refractivity contribution in [1.29, 1.82) is 0 Å². The molecule has 98 valence electrons. The first-order chi connectivity index (χ1) is 7.71. The average Bonchev–Trinajstić information content (AvgIpc) is 2.54. The van der Waals surface area contributed by atoms with Crippen molar-refractivity contribution < 1.29 is 14.7 Å². The molecular formula is C12H22N2O3. The lowest BCUT2D eigenvalue weighted by Crippen LogP contribution is -2.41. The lowest BCUT2D eigenvalue weighted by molar-refractivity contribution is -0.128. The van der Waals surface area contributed by atoms with Gasteiger partial charge in [0.2, 0.25) is 11.8 Å². The molecule has 0 aromatic heterocycles. The maximum Gasteiger partial charge on any atom is 0.225 e. The van der Waals surface area contributed by atoms with Crippen molar-refractivity contribution >= 4 is 11.8 Å². The normalized spacial score (nSPS) is 22.8. The molecular weight excluding hydrogens is 220 g/mol. The third-order valence-electron chi connectivity index (χ3n) is 3.18. The minimum Gasteiger partial charge on any atom is -0.391 e. The van der Waals surface area contributed by atoms with Gasteiger partial charge in [-0.15, -0.1) is 0 Å². The number of aliphatic hydroxyl groups excluding tert-OH is 1. The molecule has 1 aliphatic rings. The summed E-state index contributed by atoms with van der Waals surface area (Å²) in [5.74, 6) is -0.424. The molecule has 0 saturated carbocycles. The van der Waals surface area contributed by atoms with Crippen LogP contribution in [-0.4, -0.2) is 48.1 Å². The Morgan fingerprint density at radius 1 is 1.59 bits per heavy atom. The molecule has 1 fully saturated rings. The van der Waals surface area contributed by atoms with Crippen molar-refractivity contribution in [1.82, 2.24) is 10.2 Å². The molecule has 1 aliphatic heterocycles. The molecule has 2 N–H and O–H groups in total. The molecule has 0 bridgehead atoms. The van der Waals surface area contributed by atoms with Gasteiger partial charge in [-0.25, -0.2) is 0 Å². The van der Waals surface area contributed by atoms with Crippen LogP contribution in [0.5, 0.6) is 0 Å². The first kappa shape index (κ1) is 14.0. The van der Waals surface area contributed by atoms with Crippen LogP contribution in [0.15, 0.2) is 0 Å². The van der Waals surface area contributed by atoms with E-state index in [4.69, 9.17) is 0 Å². The zero-order chi connectivity index (χ0) is 13.2. The second kappa shape index (κ2) is 5.04. The summed E-state index contributed by atoms with van der Waals surface area (Å²) in [6.07, 6.45) is -0.310. The molecule has 0 radical (unpaired) electrons. The number of carbonyl (C=O) groups excluding carboxylic acids is 2. The second-order valence-electron chi connectivity index (χ2n) is 5.80. The largest absolute Gasteiger partial charge is 0.391 e. The van der Waals surface area contributed by atoms with Crippen molar-refractivity contribution in [3.63, 3.8) is 0 Å². The van der Waals surface area contributed by atoms with Gasteiger partial charge >= 0.3 is 0 Å². The molecule has 2 amide bonds. The summed E-state index contributed by atoms with van der Waals surface area (Å²) in [6, 6.07) is 0. The Labute approximate surface area is 102 Å². The number of likely N-dealkylation sites (tertiary alicyclic amines) is 1. The predicted octanol–water partition coefficient (Wildman–Crippen LogP) is -0.0121. The van der Waals surface area contributed by atoms with Gasteiger partial charge in [-0.3, -0.25) is 9.59 Å². The minimum atomic E-state index is -0.582. The monoisotopic (exact) mass is 242 g/mol. The van der Waals surface area contributed by atoms with Crippen LogP contribution in [0.3, 0.4) is 0 Å². The average molecular weight is 242 g/mol. The molecule has 0 spiro atoms. The van der Waals surface area contributed by atoms with E-state index in [0.717, 1.165) is 0 Å². The lowest BCUT2D eigenvalue weighted by Gasteiger charge is -2.26. The molecule has 1 saturated heterocycles. The number of rotatable bonds is 3. The van der Waals surface area contributed by atoms with Crippen molar-refractivity contribution in [2.24, 2.45) is 11.3 Å². The molecule has 0 aromatic carbocycles. The first-order valence-electron chi connectivity index (χ1n) is 5.91. The predicted molar refractivity (Wildman–Crippen MR) is 64.2 cm³/mol. The second-order valence-corrected chi connectivity index (χ2v) is 5.80.